The Morgan fingerprint density at radius 2 is 1.23 bits per heavy atom. The predicted molar refractivity (Wildman–Crippen MR) is 161 cm³/mol. The van der Waals surface area contributed by atoms with E-state index in [4.69, 9.17) is 27.1 Å². The van der Waals surface area contributed by atoms with Gasteiger partial charge in [-0.1, -0.05) is 18.2 Å². The van der Waals surface area contributed by atoms with Crippen molar-refractivity contribution in [2.24, 2.45) is 0 Å². The molecule has 0 bridgehead atoms. The van der Waals surface area contributed by atoms with Crippen molar-refractivity contribution in [3.8, 4) is 23.0 Å². The molecule has 1 aliphatic rings. The number of phenols is 3. The Hall–Kier alpha value is -3.30. The maximum absolute atomic E-state index is 13.6. The third-order valence-corrected chi connectivity index (χ3v) is 9.50. The molecule has 0 amide bonds. The second-order valence-corrected chi connectivity index (χ2v) is 12.7. The number of aryl methyl sites for hydroxylation is 1. The lowest BCUT2D eigenvalue weighted by atomic mass is 9.84. The molecule has 232 valence electrons. The maximum Gasteiger partial charge on any atom is 0.530 e. The summed E-state index contributed by atoms with van der Waals surface area (Å²) in [5.41, 5.74) is 2.89. The molecule has 0 aliphatic heterocycles. The van der Waals surface area contributed by atoms with Crippen molar-refractivity contribution >= 4 is 27.0 Å². The number of phenolic OH excluding ortho intramolecular Hbond substituents is 3. The molecule has 0 saturated carbocycles. The molecule has 0 aromatic heterocycles. The summed E-state index contributed by atoms with van der Waals surface area (Å²) in [6, 6.07) is 14.0. The van der Waals surface area contributed by atoms with Crippen LogP contribution in [-0.4, -0.2) is 41.7 Å². The average Bonchev–Trinajstić information content (AvgIpc) is 3.22. The Balaban J connectivity index is 1.93. The van der Waals surface area contributed by atoms with E-state index in [-0.39, 0.29) is 60.7 Å². The van der Waals surface area contributed by atoms with Crippen molar-refractivity contribution in [1.82, 2.24) is 0 Å². The third kappa shape index (κ3) is 7.27. The average molecular weight is 635 g/mol. The van der Waals surface area contributed by atoms with Crippen LogP contribution in [0.15, 0.2) is 54.6 Å². The van der Waals surface area contributed by atoms with Crippen molar-refractivity contribution < 1.29 is 51.6 Å². The molecule has 3 aromatic rings. The van der Waals surface area contributed by atoms with E-state index in [9.17, 15) is 24.4 Å². The van der Waals surface area contributed by atoms with Gasteiger partial charge in [-0.25, -0.2) is 9.13 Å². The first-order valence-corrected chi connectivity index (χ1v) is 16.8. The summed E-state index contributed by atoms with van der Waals surface area (Å²) >= 11 is 0. The largest absolute Gasteiger partial charge is 0.530 e. The summed E-state index contributed by atoms with van der Waals surface area (Å²) in [4.78, 5) is 0. The summed E-state index contributed by atoms with van der Waals surface area (Å²) < 4.78 is 59.5. The minimum absolute atomic E-state index is 0.0206. The molecule has 1 atom stereocenters. The molecule has 1 aliphatic carbocycles. The molecule has 11 nitrogen and oxygen atoms in total. The van der Waals surface area contributed by atoms with Crippen molar-refractivity contribution in [2.45, 2.75) is 40.5 Å². The second-order valence-electron chi connectivity index (χ2n) is 9.48. The highest BCUT2D eigenvalue weighted by molar-refractivity contribution is 7.49. The Kier molecular flexibility index (Phi) is 10.3. The zero-order valence-electron chi connectivity index (χ0n) is 24.6. The molecule has 1 unspecified atom stereocenters. The zero-order chi connectivity index (χ0) is 31.4. The number of rotatable bonds is 14. The smallest absolute Gasteiger partial charge is 0.508 e. The fraction of sp³-hybridized carbons (Fsp3) is 0.333. The molecule has 0 saturated heterocycles. The molecule has 0 fully saturated rings. The van der Waals surface area contributed by atoms with Crippen LogP contribution >= 0.6 is 15.6 Å². The SMILES string of the molecule is CCOP(=O)(OCC)OC1=C(c2cc(C)cc(O)c2)C(c2ccc(OP(=O)(OCC)OCC)cc2)c2c(O)cc(O)cc21. The Bertz CT molecular complexity index is 1540. The highest BCUT2D eigenvalue weighted by Crippen LogP contribution is 2.61. The van der Waals surface area contributed by atoms with E-state index >= 15 is 0 Å². The quantitative estimate of drug-likeness (QED) is 0.149. The molecule has 0 spiro atoms. The van der Waals surface area contributed by atoms with Crippen molar-refractivity contribution in [2.75, 3.05) is 26.4 Å². The third-order valence-electron chi connectivity index (χ3n) is 6.37. The molecule has 3 N–H and O–H groups in total. The second kappa shape index (κ2) is 13.6. The Morgan fingerprint density at radius 3 is 1.77 bits per heavy atom. The van der Waals surface area contributed by atoms with Crippen LogP contribution in [0.25, 0.3) is 11.3 Å². The lowest BCUT2D eigenvalue weighted by Crippen LogP contribution is -2.04. The Morgan fingerprint density at radius 1 is 0.698 bits per heavy atom. The summed E-state index contributed by atoms with van der Waals surface area (Å²) in [5, 5.41) is 32.1. The standard InChI is InChI=1S/C30H36O11P2/c1-6-36-42(34,37-7-2)40-24-12-10-20(11-13-24)27-28(21-14-19(5)15-22(31)16-21)30(41-43(35,38-8-3)39-9-4)25-17-23(32)18-26(33)29(25)27/h10-18,27,31-33H,6-9H2,1-5H3. The lowest BCUT2D eigenvalue weighted by Gasteiger charge is -2.22. The highest BCUT2D eigenvalue weighted by atomic mass is 31.2. The first-order valence-electron chi connectivity index (χ1n) is 13.8. The molecule has 4 rings (SSSR count). The van der Waals surface area contributed by atoms with Gasteiger partial charge < -0.3 is 24.4 Å². The summed E-state index contributed by atoms with van der Waals surface area (Å²) in [6.45, 7) is 8.73. The number of phosphoric acid groups is 2. The highest BCUT2D eigenvalue weighted by Gasteiger charge is 2.42. The van der Waals surface area contributed by atoms with Crippen LogP contribution in [-0.2, 0) is 31.7 Å². The first-order chi connectivity index (χ1) is 20.5. The van der Waals surface area contributed by atoms with Crippen molar-refractivity contribution in [3.63, 3.8) is 0 Å². The van der Waals surface area contributed by atoms with Gasteiger partial charge in [-0.05, 0) is 81.6 Å². The van der Waals surface area contributed by atoms with E-state index in [2.05, 4.69) is 0 Å². The number of allylic oxidation sites excluding steroid dienone is 1. The van der Waals surface area contributed by atoms with Gasteiger partial charge in [-0.3, -0.25) is 18.1 Å². The van der Waals surface area contributed by atoms with Crippen LogP contribution in [0.1, 0.15) is 61.4 Å². The van der Waals surface area contributed by atoms with Gasteiger partial charge in [0.2, 0.25) is 0 Å². The summed E-state index contributed by atoms with van der Waals surface area (Å²) in [7, 11) is -8.01. The number of phosphoric ester groups is 2. The fourth-order valence-electron chi connectivity index (χ4n) is 4.96. The fourth-order valence-corrected chi connectivity index (χ4v) is 7.38. The zero-order valence-corrected chi connectivity index (χ0v) is 26.4. The van der Waals surface area contributed by atoms with E-state index in [1.54, 1.807) is 71.0 Å². The number of aromatic hydroxyl groups is 3. The first kappa shape index (κ1) is 32.6. The number of hydrogen-bond donors (Lipinski definition) is 3. The van der Waals surface area contributed by atoms with E-state index in [0.29, 0.717) is 22.3 Å². The molecule has 3 aromatic carbocycles. The van der Waals surface area contributed by atoms with Gasteiger partial charge >= 0.3 is 15.6 Å². The van der Waals surface area contributed by atoms with Gasteiger partial charge in [0.05, 0.1) is 26.4 Å². The van der Waals surface area contributed by atoms with Gasteiger partial charge in [0.1, 0.15) is 28.8 Å². The van der Waals surface area contributed by atoms with Crippen LogP contribution in [0.2, 0.25) is 0 Å². The van der Waals surface area contributed by atoms with E-state index < -0.39 is 21.6 Å². The van der Waals surface area contributed by atoms with Crippen LogP contribution in [0.5, 0.6) is 23.0 Å². The lowest BCUT2D eigenvalue weighted by molar-refractivity contribution is 0.159. The molecular weight excluding hydrogens is 598 g/mol. The number of hydrogen-bond acceptors (Lipinski definition) is 11. The van der Waals surface area contributed by atoms with Crippen molar-refractivity contribution in [1.29, 1.82) is 0 Å². The topological polar surface area (TPSA) is 150 Å². The van der Waals surface area contributed by atoms with Crippen LogP contribution < -0.4 is 4.52 Å². The number of benzene rings is 3. The van der Waals surface area contributed by atoms with Gasteiger partial charge in [0.15, 0.2) is 0 Å². The maximum atomic E-state index is 13.6. The summed E-state index contributed by atoms with van der Waals surface area (Å²) in [5.74, 6) is -1.00. The van der Waals surface area contributed by atoms with E-state index in [1.165, 1.54) is 18.2 Å². The minimum atomic E-state index is -4.16. The molecule has 43 heavy (non-hydrogen) atoms. The molecule has 0 heterocycles. The van der Waals surface area contributed by atoms with E-state index in [1.807, 2.05) is 0 Å². The van der Waals surface area contributed by atoms with Gasteiger partial charge in [-0.2, -0.15) is 0 Å². The summed E-state index contributed by atoms with van der Waals surface area (Å²) in [6.07, 6.45) is 0. The normalized spacial score (nSPS) is 15.0. The molecular formula is C30H36O11P2. The van der Waals surface area contributed by atoms with Crippen LogP contribution in [0.3, 0.4) is 0 Å². The van der Waals surface area contributed by atoms with Gasteiger partial charge in [0.25, 0.3) is 0 Å². The van der Waals surface area contributed by atoms with Crippen LogP contribution in [0, 0.1) is 6.92 Å². The van der Waals surface area contributed by atoms with Gasteiger partial charge in [0, 0.05) is 28.7 Å². The number of fused-ring (bicyclic) bond motifs is 1. The molecule has 13 heteroatoms. The van der Waals surface area contributed by atoms with Crippen molar-refractivity contribution in [3.05, 3.63) is 82.4 Å². The van der Waals surface area contributed by atoms with E-state index in [0.717, 1.165) is 5.56 Å². The van der Waals surface area contributed by atoms with Gasteiger partial charge in [-0.15, -0.1) is 0 Å². The molecule has 0 radical (unpaired) electrons. The minimum Gasteiger partial charge on any atom is -0.508 e. The van der Waals surface area contributed by atoms with Crippen LogP contribution in [0.4, 0.5) is 0 Å². The monoisotopic (exact) mass is 634 g/mol. The predicted octanol–water partition coefficient (Wildman–Crippen LogP) is 7.88. The Labute approximate surface area is 250 Å².